The minimum Gasteiger partial charge on any atom is -0.269 e. The Bertz CT molecular complexity index is 1570. The van der Waals surface area contributed by atoms with Gasteiger partial charge in [-0.05, 0) is 56.5 Å². The second kappa shape index (κ2) is 8.44. The molecule has 0 radical (unpaired) electrons. The number of nitrogens with zero attached hydrogens (tertiary/aromatic N) is 6. The molecule has 0 saturated heterocycles. The van der Waals surface area contributed by atoms with Crippen LogP contribution in [0.1, 0.15) is 39.5 Å². The molecule has 0 unspecified atom stereocenters. The fourth-order valence-corrected chi connectivity index (χ4v) is 4.79. The van der Waals surface area contributed by atoms with Gasteiger partial charge in [-0.2, -0.15) is 4.98 Å². The summed E-state index contributed by atoms with van der Waals surface area (Å²) in [5.41, 5.74) is 7.85. The van der Waals surface area contributed by atoms with Crippen LogP contribution in [0.25, 0.3) is 11.4 Å². The van der Waals surface area contributed by atoms with Gasteiger partial charge < -0.3 is 0 Å². The van der Waals surface area contributed by atoms with Crippen LogP contribution >= 0.6 is 11.8 Å². The van der Waals surface area contributed by atoms with Gasteiger partial charge in [-0.1, -0.05) is 42.1 Å². The molecule has 0 atom stereocenters. The van der Waals surface area contributed by atoms with Gasteiger partial charge in [-0.15, -0.1) is 5.10 Å². The molecule has 0 N–H and O–H groups in total. The molecule has 0 amide bonds. The molecule has 4 aromatic heterocycles. The van der Waals surface area contributed by atoms with E-state index in [0.717, 1.165) is 29.1 Å². The van der Waals surface area contributed by atoms with Gasteiger partial charge in [0.25, 0.3) is 11.3 Å². The molecule has 8 heteroatoms. The van der Waals surface area contributed by atoms with Crippen molar-refractivity contribution in [2.75, 3.05) is 0 Å². The van der Waals surface area contributed by atoms with E-state index in [1.165, 1.54) is 22.9 Å². The summed E-state index contributed by atoms with van der Waals surface area (Å²) in [7, 11) is 0. The molecular weight excluding hydrogens is 432 g/mol. The van der Waals surface area contributed by atoms with Gasteiger partial charge in [0.1, 0.15) is 5.65 Å². The topological polar surface area (TPSA) is 77.5 Å². The predicted molar refractivity (Wildman–Crippen MR) is 130 cm³/mol. The maximum atomic E-state index is 12.5. The average molecular weight is 457 g/mol. The van der Waals surface area contributed by atoms with Gasteiger partial charge in [0.2, 0.25) is 5.16 Å². The van der Waals surface area contributed by atoms with Crippen molar-refractivity contribution >= 4 is 23.2 Å². The molecule has 0 aliphatic rings. The molecule has 33 heavy (non-hydrogen) atoms. The van der Waals surface area contributed by atoms with Crippen molar-refractivity contribution in [3.63, 3.8) is 0 Å². The Morgan fingerprint density at radius 2 is 1.76 bits per heavy atom. The smallest absolute Gasteiger partial charge is 0.258 e. The van der Waals surface area contributed by atoms with Crippen molar-refractivity contribution in [2.24, 2.45) is 0 Å². The van der Waals surface area contributed by atoms with E-state index in [4.69, 9.17) is 4.98 Å². The molecule has 0 aliphatic heterocycles. The van der Waals surface area contributed by atoms with E-state index < -0.39 is 0 Å². The van der Waals surface area contributed by atoms with Crippen LogP contribution in [-0.2, 0) is 12.2 Å². The molecule has 0 saturated carbocycles. The zero-order valence-corrected chi connectivity index (χ0v) is 19.8. The Kier molecular flexibility index (Phi) is 5.46. The highest BCUT2D eigenvalue weighted by Gasteiger charge is 2.15. The molecule has 1 aromatic carbocycles. The number of benzene rings is 1. The van der Waals surface area contributed by atoms with Gasteiger partial charge in [0, 0.05) is 35.3 Å². The highest BCUT2D eigenvalue weighted by atomic mass is 32.2. The van der Waals surface area contributed by atoms with E-state index in [1.807, 2.05) is 36.6 Å². The fourth-order valence-electron chi connectivity index (χ4n) is 4.08. The Balaban J connectivity index is 1.43. The second-order valence-corrected chi connectivity index (χ2v) is 9.15. The fraction of sp³-hybridized carbons (Fsp3) is 0.240. The average Bonchev–Trinajstić information content (AvgIpc) is 3.19. The first kappa shape index (κ1) is 21.3. The first-order valence-corrected chi connectivity index (χ1v) is 11.8. The summed E-state index contributed by atoms with van der Waals surface area (Å²) in [5.74, 6) is 1.09. The quantitative estimate of drug-likeness (QED) is 0.368. The third-order valence-electron chi connectivity index (χ3n) is 5.94. The first-order valence-electron chi connectivity index (χ1n) is 10.8. The number of hydrogen-bond donors (Lipinski definition) is 0. The van der Waals surface area contributed by atoms with E-state index >= 15 is 0 Å². The molecule has 7 nitrogen and oxygen atoms in total. The largest absolute Gasteiger partial charge is 0.269 e. The summed E-state index contributed by atoms with van der Waals surface area (Å²) in [6, 6.07) is 15.6. The normalized spacial score (nSPS) is 11.5. The van der Waals surface area contributed by atoms with Crippen molar-refractivity contribution in [3.8, 4) is 0 Å². The van der Waals surface area contributed by atoms with Gasteiger partial charge in [-0.25, -0.2) is 14.5 Å². The number of pyridine rings is 1. The summed E-state index contributed by atoms with van der Waals surface area (Å²) in [4.78, 5) is 26.5. The summed E-state index contributed by atoms with van der Waals surface area (Å²) in [6.07, 6.45) is 0.806. The predicted octanol–water partition coefficient (Wildman–Crippen LogP) is 4.25. The maximum absolute atomic E-state index is 12.5. The lowest BCUT2D eigenvalue weighted by Crippen LogP contribution is -2.17. The number of aryl methyl sites for hydroxylation is 4. The van der Waals surface area contributed by atoms with Crippen LogP contribution in [0.2, 0.25) is 0 Å². The SMILES string of the molecule is Cc1ccccc1Cc1c(C)nc2nc(SCc3cc(=O)n4c(C)cccc4n3)nn2c1C. The zero-order chi connectivity index (χ0) is 23.1. The van der Waals surface area contributed by atoms with Crippen LogP contribution in [0.3, 0.4) is 0 Å². The Labute approximate surface area is 195 Å². The standard InChI is InChI=1S/C25H24N6OS/c1-15-8-5-6-10-19(15)12-21-17(3)26-24-28-25(29-31(24)18(21)4)33-14-20-13-23(32)30-16(2)9-7-11-22(30)27-20/h5-11,13H,12,14H2,1-4H3. The Hall–Kier alpha value is -3.52. The third kappa shape index (κ3) is 4.02. The van der Waals surface area contributed by atoms with Crippen LogP contribution in [0.5, 0.6) is 0 Å². The lowest BCUT2D eigenvalue weighted by Gasteiger charge is -2.11. The summed E-state index contributed by atoms with van der Waals surface area (Å²) < 4.78 is 3.43. The van der Waals surface area contributed by atoms with Crippen molar-refractivity contribution in [1.82, 2.24) is 29.0 Å². The number of fused-ring (bicyclic) bond motifs is 2. The van der Waals surface area contributed by atoms with Crippen molar-refractivity contribution in [3.05, 3.63) is 98.4 Å². The lowest BCUT2D eigenvalue weighted by molar-refractivity contribution is 0.823. The van der Waals surface area contributed by atoms with E-state index in [0.29, 0.717) is 28.0 Å². The molecule has 166 valence electrons. The molecule has 0 fully saturated rings. The van der Waals surface area contributed by atoms with Crippen molar-refractivity contribution in [1.29, 1.82) is 0 Å². The molecule has 0 bridgehead atoms. The van der Waals surface area contributed by atoms with E-state index in [-0.39, 0.29) is 5.56 Å². The maximum Gasteiger partial charge on any atom is 0.258 e. The minimum atomic E-state index is -0.0781. The van der Waals surface area contributed by atoms with E-state index in [1.54, 1.807) is 10.5 Å². The highest BCUT2D eigenvalue weighted by molar-refractivity contribution is 7.98. The number of hydrogen-bond acceptors (Lipinski definition) is 6. The molecular formula is C25H24N6OS. The van der Waals surface area contributed by atoms with Gasteiger partial charge in [0.05, 0.1) is 5.69 Å². The van der Waals surface area contributed by atoms with E-state index in [9.17, 15) is 4.79 Å². The Morgan fingerprint density at radius 3 is 2.58 bits per heavy atom. The summed E-state index contributed by atoms with van der Waals surface area (Å²) in [5, 5.41) is 5.30. The molecule has 0 aliphatic carbocycles. The van der Waals surface area contributed by atoms with Crippen LogP contribution in [0.4, 0.5) is 0 Å². The summed E-state index contributed by atoms with van der Waals surface area (Å²) >= 11 is 1.45. The number of aromatic nitrogens is 6. The summed E-state index contributed by atoms with van der Waals surface area (Å²) in [6.45, 7) is 8.11. The zero-order valence-electron chi connectivity index (χ0n) is 19.0. The van der Waals surface area contributed by atoms with Crippen molar-refractivity contribution in [2.45, 2.75) is 45.0 Å². The third-order valence-corrected chi connectivity index (χ3v) is 6.81. The van der Waals surface area contributed by atoms with Gasteiger partial charge >= 0.3 is 0 Å². The number of thioether (sulfide) groups is 1. The highest BCUT2D eigenvalue weighted by Crippen LogP contribution is 2.23. The lowest BCUT2D eigenvalue weighted by atomic mass is 9.99. The van der Waals surface area contributed by atoms with Crippen LogP contribution in [0, 0.1) is 27.7 Å². The van der Waals surface area contributed by atoms with Crippen LogP contribution in [-0.4, -0.2) is 29.0 Å². The molecule has 5 aromatic rings. The first-order chi connectivity index (χ1) is 15.9. The molecule has 5 rings (SSSR count). The van der Waals surface area contributed by atoms with Crippen molar-refractivity contribution < 1.29 is 0 Å². The van der Waals surface area contributed by atoms with Crippen LogP contribution < -0.4 is 5.56 Å². The molecule has 0 spiro atoms. The number of rotatable bonds is 5. The monoisotopic (exact) mass is 456 g/mol. The minimum absolute atomic E-state index is 0.0781. The Morgan fingerprint density at radius 1 is 0.939 bits per heavy atom. The van der Waals surface area contributed by atoms with Crippen LogP contribution in [0.15, 0.2) is 58.5 Å². The molecule has 4 heterocycles. The van der Waals surface area contributed by atoms with Gasteiger partial charge in [-0.3, -0.25) is 9.20 Å². The van der Waals surface area contributed by atoms with E-state index in [2.05, 4.69) is 53.2 Å². The second-order valence-electron chi connectivity index (χ2n) is 8.21. The van der Waals surface area contributed by atoms with Gasteiger partial charge in [0.15, 0.2) is 0 Å².